The Labute approximate surface area is 128 Å². The number of para-hydroxylation sites is 2. The van der Waals surface area contributed by atoms with Gasteiger partial charge in [-0.05, 0) is 43.4 Å². The smallest absolute Gasteiger partial charge is 0.171 e. The molecule has 3 aromatic rings. The molecule has 0 bridgehead atoms. The van der Waals surface area contributed by atoms with Crippen LogP contribution in [0.4, 0.5) is 5.69 Å². The summed E-state index contributed by atoms with van der Waals surface area (Å²) in [5, 5.41) is 6.88. The predicted octanol–water partition coefficient (Wildman–Crippen LogP) is 3.36. The molecular formula is C16H16N4S. The highest BCUT2D eigenvalue weighted by Gasteiger charge is 2.03. The van der Waals surface area contributed by atoms with E-state index in [0.29, 0.717) is 11.7 Å². The van der Waals surface area contributed by atoms with Crippen LogP contribution in [0.1, 0.15) is 11.4 Å². The topological polar surface area (TPSA) is 52.7 Å². The van der Waals surface area contributed by atoms with Gasteiger partial charge in [0.25, 0.3) is 0 Å². The molecule has 0 saturated carbocycles. The first-order valence-corrected chi connectivity index (χ1v) is 7.17. The van der Waals surface area contributed by atoms with Crippen molar-refractivity contribution in [2.75, 3.05) is 5.32 Å². The Morgan fingerprint density at radius 3 is 2.67 bits per heavy atom. The number of fused-ring (bicyclic) bond motifs is 1. The van der Waals surface area contributed by atoms with Crippen LogP contribution in [-0.4, -0.2) is 15.1 Å². The average molecular weight is 296 g/mol. The maximum absolute atomic E-state index is 5.28. The Balaban J connectivity index is 1.59. The molecule has 0 radical (unpaired) electrons. The molecule has 3 rings (SSSR count). The quantitative estimate of drug-likeness (QED) is 0.649. The van der Waals surface area contributed by atoms with Crippen LogP contribution in [0.25, 0.3) is 11.0 Å². The molecule has 0 fully saturated rings. The third kappa shape index (κ3) is 3.38. The molecule has 0 aliphatic heterocycles. The molecule has 2 aromatic carbocycles. The molecule has 21 heavy (non-hydrogen) atoms. The van der Waals surface area contributed by atoms with E-state index in [1.54, 1.807) is 0 Å². The van der Waals surface area contributed by atoms with Gasteiger partial charge in [-0.15, -0.1) is 0 Å². The highest BCUT2D eigenvalue weighted by atomic mass is 32.1. The average Bonchev–Trinajstić information content (AvgIpc) is 2.90. The van der Waals surface area contributed by atoms with Crippen LogP contribution in [0, 0.1) is 6.92 Å². The van der Waals surface area contributed by atoms with Gasteiger partial charge in [-0.25, -0.2) is 4.98 Å². The summed E-state index contributed by atoms with van der Waals surface area (Å²) in [4.78, 5) is 7.76. The summed E-state index contributed by atoms with van der Waals surface area (Å²) in [6.45, 7) is 2.62. The van der Waals surface area contributed by atoms with E-state index in [2.05, 4.69) is 27.5 Å². The second-order valence-corrected chi connectivity index (χ2v) is 5.28. The molecule has 5 heteroatoms. The number of aromatic amines is 1. The number of thiocarbonyl (C=S) groups is 1. The van der Waals surface area contributed by atoms with Crippen LogP contribution in [0.2, 0.25) is 0 Å². The van der Waals surface area contributed by atoms with Crippen molar-refractivity contribution in [3.05, 3.63) is 59.9 Å². The lowest BCUT2D eigenvalue weighted by molar-refractivity contribution is 0.859. The number of imidazole rings is 1. The number of H-pyrrole nitrogens is 1. The molecule has 0 spiro atoms. The number of nitrogens with one attached hydrogen (secondary N) is 3. The summed E-state index contributed by atoms with van der Waals surface area (Å²) >= 11 is 5.28. The summed E-state index contributed by atoms with van der Waals surface area (Å²) < 4.78 is 0. The van der Waals surface area contributed by atoms with E-state index in [4.69, 9.17) is 12.2 Å². The van der Waals surface area contributed by atoms with Gasteiger partial charge in [0.1, 0.15) is 5.82 Å². The van der Waals surface area contributed by atoms with Crippen molar-refractivity contribution in [1.29, 1.82) is 0 Å². The van der Waals surface area contributed by atoms with E-state index in [0.717, 1.165) is 22.5 Å². The molecule has 0 unspecified atom stereocenters. The summed E-state index contributed by atoms with van der Waals surface area (Å²) in [7, 11) is 0. The number of anilines is 1. The van der Waals surface area contributed by atoms with Gasteiger partial charge in [0.2, 0.25) is 0 Å². The standard InChI is InChI=1S/C16H16N4S/c1-11-6-8-12(9-7-11)18-16(21)17-10-15-19-13-4-2-3-5-14(13)20-15/h2-9H,10H2,1H3,(H,19,20)(H2,17,18,21). The number of aryl methyl sites for hydroxylation is 1. The Morgan fingerprint density at radius 1 is 1.14 bits per heavy atom. The first kappa shape index (κ1) is 13.6. The zero-order valence-electron chi connectivity index (χ0n) is 11.7. The minimum atomic E-state index is 0.562. The van der Waals surface area contributed by atoms with E-state index in [-0.39, 0.29) is 0 Å². The first-order valence-electron chi connectivity index (χ1n) is 6.76. The van der Waals surface area contributed by atoms with Crippen LogP contribution >= 0.6 is 12.2 Å². The van der Waals surface area contributed by atoms with E-state index in [1.807, 2.05) is 48.5 Å². The summed E-state index contributed by atoms with van der Waals surface area (Å²) in [6, 6.07) is 16.1. The molecule has 0 aliphatic rings. The SMILES string of the molecule is Cc1ccc(NC(=S)NCc2nc3ccccc3[nH]2)cc1. The zero-order chi connectivity index (χ0) is 14.7. The summed E-state index contributed by atoms with van der Waals surface area (Å²) in [6.07, 6.45) is 0. The molecule has 3 N–H and O–H groups in total. The van der Waals surface area contributed by atoms with E-state index < -0.39 is 0 Å². The van der Waals surface area contributed by atoms with Gasteiger partial charge in [0.05, 0.1) is 17.6 Å². The number of rotatable bonds is 3. The summed E-state index contributed by atoms with van der Waals surface area (Å²) in [5.74, 6) is 0.865. The number of hydrogen-bond acceptors (Lipinski definition) is 2. The molecule has 1 heterocycles. The highest BCUT2D eigenvalue weighted by Crippen LogP contribution is 2.10. The van der Waals surface area contributed by atoms with Gasteiger partial charge >= 0.3 is 0 Å². The van der Waals surface area contributed by atoms with Crippen LogP contribution in [0.3, 0.4) is 0 Å². The van der Waals surface area contributed by atoms with Gasteiger partial charge in [0, 0.05) is 5.69 Å². The molecule has 0 aliphatic carbocycles. The maximum Gasteiger partial charge on any atom is 0.171 e. The predicted molar refractivity (Wildman–Crippen MR) is 90.3 cm³/mol. The van der Waals surface area contributed by atoms with Crippen molar-refractivity contribution >= 4 is 34.1 Å². The van der Waals surface area contributed by atoms with Gasteiger partial charge in [-0.1, -0.05) is 29.8 Å². The molecule has 0 atom stereocenters. The Hall–Kier alpha value is -2.40. The van der Waals surface area contributed by atoms with Crippen molar-refractivity contribution in [3.63, 3.8) is 0 Å². The van der Waals surface area contributed by atoms with Crippen LogP contribution < -0.4 is 10.6 Å². The van der Waals surface area contributed by atoms with Crippen molar-refractivity contribution in [3.8, 4) is 0 Å². The fourth-order valence-electron chi connectivity index (χ4n) is 2.07. The van der Waals surface area contributed by atoms with Crippen molar-refractivity contribution in [1.82, 2.24) is 15.3 Å². The molecule has 4 nitrogen and oxygen atoms in total. The normalized spacial score (nSPS) is 10.5. The fraction of sp³-hybridized carbons (Fsp3) is 0.125. The van der Waals surface area contributed by atoms with Crippen molar-refractivity contribution in [2.45, 2.75) is 13.5 Å². The summed E-state index contributed by atoms with van der Waals surface area (Å²) in [5.41, 5.74) is 4.20. The third-order valence-corrected chi connectivity index (χ3v) is 3.41. The highest BCUT2D eigenvalue weighted by molar-refractivity contribution is 7.80. The fourth-order valence-corrected chi connectivity index (χ4v) is 2.26. The minimum absolute atomic E-state index is 0.562. The van der Waals surface area contributed by atoms with Crippen LogP contribution in [-0.2, 0) is 6.54 Å². The molecule has 1 aromatic heterocycles. The number of nitrogens with zero attached hydrogens (tertiary/aromatic N) is 1. The van der Waals surface area contributed by atoms with Gasteiger partial charge in [-0.3, -0.25) is 0 Å². The van der Waals surface area contributed by atoms with E-state index in [9.17, 15) is 0 Å². The largest absolute Gasteiger partial charge is 0.355 e. The molecule has 0 amide bonds. The Bertz CT molecular complexity index is 728. The maximum atomic E-state index is 5.28. The monoisotopic (exact) mass is 296 g/mol. The number of benzene rings is 2. The molecular weight excluding hydrogens is 280 g/mol. The van der Waals surface area contributed by atoms with E-state index in [1.165, 1.54) is 5.56 Å². The minimum Gasteiger partial charge on any atom is -0.355 e. The lowest BCUT2D eigenvalue weighted by Crippen LogP contribution is -2.28. The lowest BCUT2D eigenvalue weighted by atomic mass is 10.2. The third-order valence-electron chi connectivity index (χ3n) is 3.16. The number of hydrogen-bond donors (Lipinski definition) is 3. The van der Waals surface area contributed by atoms with Gasteiger partial charge in [0.15, 0.2) is 5.11 Å². The van der Waals surface area contributed by atoms with Crippen LogP contribution in [0.15, 0.2) is 48.5 Å². The van der Waals surface area contributed by atoms with Crippen LogP contribution in [0.5, 0.6) is 0 Å². The molecule has 0 saturated heterocycles. The van der Waals surface area contributed by atoms with E-state index >= 15 is 0 Å². The van der Waals surface area contributed by atoms with Crippen molar-refractivity contribution < 1.29 is 0 Å². The first-order chi connectivity index (χ1) is 10.2. The van der Waals surface area contributed by atoms with Gasteiger partial charge in [-0.2, -0.15) is 0 Å². The molecule has 106 valence electrons. The Morgan fingerprint density at radius 2 is 1.90 bits per heavy atom. The second-order valence-electron chi connectivity index (χ2n) is 4.87. The Kier molecular flexibility index (Phi) is 3.83. The van der Waals surface area contributed by atoms with Crippen molar-refractivity contribution in [2.24, 2.45) is 0 Å². The van der Waals surface area contributed by atoms with Gasteiger partial charge < -0.3 is 15.6 Å². The number of aromatic nitrogens is 2. The zero-order valence-corrected chi connectivity index (χ0v) is 12.5. The lowest BCUT2D eigenvalue weighted by Gasteiger charge is -2.09. The second kappa shape index (κ2) is 5.93.